The van der Waals surface area contributed by atoms with Gasteiger partial charge in [0.15, 0.2) is 0 Å². The highest BCUT2D eigenvalue weighted by molar-refractivity contribution is 5.52. The van der Waals surface area contributed by atoms with Crippen LogP contribution in [0.25, 0.3) is 0 Å². The minimum atomic E-state index is -0.114. The highest BCUT2D eigenvalue weighted by atomic mass is 16.3. The quantitative estimate of drug-likeness (QED) is 0.626. The Hall–Kier alpha value is -1.42. The first kappa shape index (κ1) is 7.68. The van der Waals surface area contributed by atoms with Crippen LogP contribution in [0.3, 0.4) is 0 Å². The van der Waals surface area contributed by atoms with Crippen LogP contribution in [-0.2, 0) is 6.54 Å². The van der Waals surface area contributed by atoms with Crippen LogP contribution in [0, 0.1) is 4.91 Å². The molecular weight excluding hydrogens is 144 g/mol. The van der Waals surface area contributed by atoms with E-state index in [0.717, 1.165) is 5.56 Å². The lowest BCUT2D eigenvalue weighted by Gasteiger charge is -1.97. The topological polar surface area (TPSA) is 75.7 Å². The van der Waals surface area contributed by atoms with Crippen molar-refractivity contribution < 1.29 is 5.11 Å². The van der Waals surface area contributed by atoms with E-state index < -0.39 is 0 Å². The van der Waals surface area contributed by atoms with Gasteiger partial charge in [0.25, 0.3) is 0 Å². The molecule has 11 heavy (non-hydrogen) atoms. The van der Waals surface area contributed by atoms with Crippen molar-refractivity contribution in [1.29, 1.82) is 0 Å². The largest absolute Gasteiger partial charge is 0.506 e. The van der Waals surface area contributed by atoms with Gasteiger partial charge in [-0.2, -0.15) is 0 Å². The molecule has 3 N–H and O–H groups in total. The number of benzene rings is 1. The standard InChI is InChI=1S/C7H8N2O2/c8-4-5-1-2-7(10)6(3-5)9-11/h1-3,10H,4,8H2. The van der Waals surface area contributed by atoms with E-state index in [9.17, 15) is 4.91 Å². The highest BCUT2D eigenvalue weighted by Gasteiger charge is 2.00. The number of rotatable bonds is 2. The number of phenols is 1. The Morgan fingerprint density at radius 1 is 1.55 bits per heavy atom. The van der Waals surface area contributed by atoms with E-state index in [0.29, 0.717) is 6.54 Å². The summed E-state index contributed by atoms with van der Waals surface area (Å²) in [5.41, 5.74) is 6.11. The lowest BCUT2D eigenvalue weighted by atomic mass is 10.2. The maximum atomic E-state index is 10.0. The summed E-state index contributed by atoms with van der Waals surface area (Å²) in [6.07, 6.45) is 0. The van der Waals surface area contributed by atoms with Gasteiger partial charge in [0, 0.05) is 6.54 Å². The zero-order valence-electron chi connectivity index (χ0n) is 5.82. The van der Waals surface area contributed by atoms with Gasteiger partial charge >= 0.3 is 0 Å². The number of hydrogen-bond donors (Lipinski definition) is 2. The van der Waals surface area contributed by atoms with Crippen molar-refractivity contribution in [3.63, 3.8) is 0 Å². The van der Waals surface area contributed by atoms with E-state index in [1.54, 1.807) is 6.07 Å². The van der Waals surface area contributed by atoms with Gasteiger partial charge in [-0.05, 0) is 22.9 Å². The van der Waals surface area contributed by atoms with Crippen molar-refractivity contribution in [3.05, 3.63) is 28.7 Å². The maximum absolute atomic E-state index is 10.0. The van der Waals surface area contributed by atoms with Crippen molar-refractivity contribution in [2.45, 2.75) is 6.54 Å². The molecule has 1 rings (SSSR count). The molecule has 4 heteroatoms. The molecule has 0 amide bonds. The van der Waals surface area contributed by atoms with Gasteiger partial charge in [-0.25, -0.2) is 0 Å². The van der Waals surface area contributed by atoms with Gasteiger partial charge in [0.05, 0.1) is 0 Å². The molecule has 4 nitrogen and oxygen atoms in total. The van der Waals surface area contributed by atoms with Gasteiger partial charge in [-0.3, -0.25) is 0 Å². The molecule has 0 atom stereocenters. The molecule has 1 aromatic carbocycles. The van der Waals surface area contributed by atoms with Crippen molar-refractivity contribution in [2.75, 3.05) is 0 Å². The zero-order chi connectivity index (χ0) is 8.27. The monoisotopic (exact) mass is 152 g/mol. The molecule has 1 aromatic rings. The van der Waals surface area contributed by atoms with E-state index in [2.05, 4.69) is 5.18 Å². The molecule has 0 aliphatic heterocycles. The van der Waals surface area contributed by atoms with Crippen LogP contribution in [-0.4, -0.2) is 5.11 Å². The number of phenolic OH excluding ortho intramolecular Hbond substituents is 1. The first-order valence-electron chi connectivity index (χ1n) is 3.13. The fourth-order valence-electron chi connectivity index (χ4n) is 0.769. The highest BCUT2D eigenvalue weighted by Crippen LogP contribution is 2.26. The number of nitrogens with zero attached hydrogens (tertiary/aromatic N) is 1. The molecule has 0 spiro atoms. The van der Waals surface area contributed by atoms with Crippen LogP contribution in [0.15, 0.2) is 23.4 Å². The molecular formula is C7H8N2O2. The average Bonchev–Trinajstić information content (AvgIpc) is 2.05. The molecule has 0 bridgehead atoms. The molecule has 0 radical (unpaired) electrons. The zero-order valence-corrected chi connectivity index (χ0v) is 5.82. The molecule has 58 valence electrons. The second-order valence-corrected chi connectivity index (χ2v) is 2.12. The molecule has 0 aliphatic rings. The molecule has 0 saturated carbocycles. The molecule has 0 saturated heterocycles. The van der Waals surface area contributed by atoms with Gasteiger partial charge in [-0.1, -0.05) is 6.07 Å². The van der Waals surface area contributed by atoms with E-state index in [1.165, 1.54) is 12.1 Å². The molecule has 0 aliphatic carbocycles. The number of hydrogen-bond acceptors (Lipinski definition) is 4. The van der Waals surface area contributed by atoms with Crippen molar-refractivity contribution >= 4 is 5.69 Å². The summed E-state index contributed by atoms with van der Waals surface area (Å²) in [5, 5.41) is 11.6. The Morgan fingerprint density at radius 3 is 2.82 bits per heavy atom. The summed E-state index contributed by atoms with van der Waals surface area (Å²) in [4.78, 5) is 10.0. The SMILES string of the molecule is NCc1ccc(O)c(N=O)c1. The van der Waals surface area contributed by atoms with Crippen LogP contribution in [0.4, 0.5) is 5.69 Å². The minimum Gasteiger partial charge on any atom is -0.506 e. The van der Waals surface area contributed by atoms with Crippen molar-refractivity contribution in [1.82, 2.24) is 0 Å². The normalized spacial score (nSPS) is 9.55. The lowest BCUT2D eigenvalue weighted by Crippen LogP contribution is -1.94. The Labute approximate surface area is 63.6 Å². The second-order valence-electron chi connectivity index (χ2n) is 2.12. The Balaban J connectivity index is 3.12. The Kier molecular flexibility index (Phi) is 2.18. The summed E-state index contributed by atoms with van der Waals surface area (Å²) in [6.45, 7) is 0.336. The summed E-state index contributed by atoms with van der Waals surface area (Å²) in [5.74, 6) is -0.114. The number of nitrogens with two attached hydrogens (primary N) is 1. The smallest absolute Gasteiger partial charge is 0.149 e. The fourth-order valence-corrected chi connectivity index (χ4v) is 0.769. The fraction of sp³-hybridized carbons (Fsp3) is 0.143. The van der Waals surface area contributed by atoms with Gasteiger partial charge in [0.2, 0.25) is 0 Å². The molecule has 0 fully saturated rings. The lowest BCUT2D eigenvalue weighted by molar-refractivity contribution is 0.476. The van der Waals surface area contributed by atoms with E-state index >= 15 is 0 Å². The summed E-state index contributed by atoms with van der Waals surface area (Å²) in [7, 11) is 0. The Bertz CT molecular complexity index is 273. The third-order valence-electron chi connectivity index (χ3n) is 1.37. The summed E-state index contributed by atoms with van der Waals surface area (Å²) < 4.78 is 0. The van der Waals surface area contributed by atoms with Crippen LogP contribution >= 0.6 is 0 Å². The molecule has 0 unspecified atom stereocenters. The van der Waals surface area contributed by atoms with Crippen LogP contribution in [0.5, 0.6) is 5.75 Å². The van der Waals surface area contributed by atoms with Crippen LogP contribution < -0.4 is 5.73 Å². The predicted octanol–water partition coefficient (Wildman–Crippen LogP) is 1.25. The van der Waals surface area contributed by atoms with E-state index in [-0.39, 0.29) is 11.4 Å². The first-order chi connectivity index (χ1) is 5.27. The third-order valence-corrected chi connectivity index (χ3v) is 1.37. The first-order valence-corrected chi connectivity index (χ1v) is 3.13. The van der Waals surface area contributed by atoms with E-state index in [4.69, 9.17) is 10.8 Å². The second kappa shape index (κ2) is 3.12. The Morgan fingerprint density at radius 2 is 2.27 bits per heavy atom. The number of nitroso groups, excluding NO2 is 1. The third kappa shape index (κ3) is 1.53. The van der Waals surface area contributed by atoms with Crippen molar-refractivity contribution in [3.8, 4) is 5.75 Å². The number of aromatic hydroxyl groups is 1. The molecule has 0 heterocycles. The van der Waals surface area contributed by atoms with Gasteiger partial charge in [-0.15, -0.1) is 4.91 Å². The van der Waals surface area contributed by atoms with Crippen LogP contribution in [0.2, 0.25) is 0 Å². The van der Waals surface area contributed by atoms with Crippen LogP contribution in [0.1, 0.15) is 5.56 Å². The summed E-state index contributed by atoms with van der Waals surface area (Å²) in [6, 6.07) is 4.51. The maximum Gasteiger partial charge on any atom is 0.149 e. The average molecular weight is 152 g/mol. The predicted molar refractivity (Wildman–Crippen MR) is 41.5 cm³/mol. The minimum absolute atomic E-state index is 0.0351. The summed E-state index contributed by atoms with van der Waals surface area (Å²) >= 11 is 0. The van der Waals surface area contributed by atoms with Crippen molar-refractivity contribution in [2.24, 2.45) is 10.9 Å². The van der Waals surface area contributed by atoms with E-state index in [1.807, 2.05) is 0 Å². The van der Waals surface area contributed by atoms with Gasteiger partial charge in [0.1, 0.15) is 11.4 Å². The van der Waals surface area contributed by atoms with Gasteiger partial charge < -0.3 is 10.8 Å². The molecule has 0 aromatic heterocycles.